The lowest BCUT2D eigenvalue weighted by atomic mass is 10.1. The minimum Gasteiger partial charge on any atom is -0.479 e. The smallest absolute Gasteiger partial charge is 0.431 e. The summed E-state index contributed by atoms with van der Waals surface area (Å²) in [5.41, 5.74) is 1.35. The van der Waals surface area contributed by atoms with Crippen LogP contribution in [0.5, 0.6) is 0 Å². The molecule has 20 heavy (non-hydrogen) atoms. The number of hydroxylamine groups is 1. The second kappa shape index (κ2) is 6.33. The van der Waals surface area contributed by atoms with Gasteiger partial charge in [-0.05, 0) is 38.5 Å². The Bertz CT molecular complexity index is 481. The summed E-state index contributed by atoms with van der Waals surface area (Å²) in [6.45, 7) is 4.96. The molecule has 6 nitrogen and oxygen atoms in total. The van der Waals surface area contributed by atoms with Crippen molar-refractivity contribution in [1.29, 1.82) is 0 Å². The van der Waals surface area contributed by atoms with Crippen molar-refractivity contribution in [3.63, 3.8) is 0 Å². The first-order valence-corrected chi connectivity index (χ1v) is 5.82. The third-order valence-electron chi connectivity index (χ3n) is 2.06. The molecule has 110 valence electrons. The molecule has 2 N–H and O–H groups in total. The molecule has 1 aromatic carbocycles. The molecule has 1 rings (SSSR count). The third-order valence-corrected chi connectivity index (χ3v) is 2.06. The fourth-order valence-electron chi connectivity index (χ4n) is 1.30. The Morgan fingerprint density at radius 3 is 2.25 bits per heavy atom. The number of carboxylic acid groups (broad SMARTS) is 1. The molecule has 7 heteroatoms. The van der Waals surface area contributed by atoms with Gasteiger partial charge in [-0.25, -0.2) is 14.0 Å². The second-order valence-corrected chi connectivity index (χ2v) is 4.99. The van der Waals surface area contributed by atoms with Gasteiger partial charge in [0, 0.05) is 0 Å². The van der Waals surface area contributed by atoms with Gasteiger partial charge < -0.3 is 9.84 Å². The fraction of sp³-hybridized carbons (Fsp3) is 0.385. The number of aliphatic carboxylic acids is 1. The molecule has 0 fully saturated rings. The molecular formula is C13H16FNO5. The Morgan fingerprint density at radius 1 is 1.25 bits per heavy atom. The average molecular weight is 285 g/mol. The summed E-state index contributed by atoms with van der Waals surface area (Å²) >= 11 is 0. The van der Waals surface area contributed by atoms with Gasteiger partial charge in [-0.1, -0.05) is 12.1 Å². The van der Waals surface area contributed by atoms with Crippen molar-refractivity contribution in [3.8, 4) is 0 Å². The first-order valence-electron chi connectivity index (χ1n) is 5.82. The molecule has 0 aromatic heterocycles. The van der Waals surface area contributed by atoms with Crippen molar-refractivity contribution < 1.29 is 28.7 Å². The minimum absolute atomic E-state index is 0.190. The van der Waals surface area contributed by atoms with Crippen molar-refractivity contribution >= 4 is 12.1 Å². The molecule has 1 aromatic rings. The largest absolute Gasteiger partial charge is 0.479 e. The summed E-state index contributed by atoms with van der Waals surface area (Å²) in [4.78, 5) is 27.2. The number of carbonyl (C=O) groups is 2. The van der Waals surface area contributed by atoms with E-state index in [1.165, 1.54) is 12.1 Å². The van der Waals surface area contributed by atoms with E-state index in [9.17, 15) is 14.0 Å². The normalized spacial score (nSPS) is 12.6. The van der Waals surface area contributed by atoms with Gasteiger partial charge in [0.25, 0.3) is 0 Å². The maximum Gasteiger partial charge on any atom is 0.431 e. The van der Waals surface area contributed by atoms with Crippen LogP contribution in [-0.2, 0) is 14.4 Å². The summed E-state index contributed by atoms with van der Waals surface area (Å²) in [6, 6.07) is 4.71. The van der Waals surface area contributed by atoms with Crippen LogP contribution in [0, 0.1) is 5.82 Å². The number of ether oxygens (including phenoxy) is 1. The first kappa shape index (κ1) is 15.9. The van der Waals surface area contributed by atoms with Crippen molar-refractivity contribution in [3.05, 3.63) is 35.6 Å². The molecular weight excluding hydrogens is 269 g/mol. The van der Waals surface area contributed by atoms with Crippen LogP contribution in [0.2, 0.25) is 0 Å². The molecule has 0 bridgehead atoms. The zero-order chi connectivity index (χ0) is 15.3. The zero-order valence-electron chi connectivity index (χ0n) is 11.3. The standard InChI is InChI=1S/C13H16FNO5/c1-13(2,3)19-12(18)15-20-10(11(16)17)8-4-6-9(14)7-5-8/h4-7,10H,1-3H3,(H,15,18)(H,16,17). The highest BCUT2D eigenvalue weighted by Crippen LogP contribution is 2.17. The summed E-state index contributed by atoms with van der Waals surface area (Å²) < 4.78 is 17.7. The number of benzene rings is 1. The first-order chi connectivity index (χ1) is 9.19. The van der Waals surface area contributed by atoms with E-state index >= 15 is 0 Å². The topological polar surface area (TPSA) is 84.9 Å². The van der Waals surface area contributed by atoms with E-state index in [1.807, 2.05) is 5.48 Å². The van der Waals surface area contributed by atoms with Crippen LogP contribution >= 0.6 is 0 Å². The summed E-state index contributed by atoms with van der Waals surface area (Å²) in [5.74, 6) is -1.83. The molecule has 0 saturated heterocycles. The Labute approximate surface area is 115 Å². The molecule has 0 heterocycles. The molecule has 0 aliphatic carbocycles. The van der Waals surface area contributed by atoms with Crippen LogP contribution in [0.4, 0.5) is 9.18 Å². The zero-order valence-corrected chi connectivity index (χ0v) is 11.3. The molecule has 0 radical (unpaired) electrons. The van der Waals surface area contributed by atoms with Gasteiger partial charge in [-0.3, -0.25) is 4.84 Å². The maximum absolute atomic E-state index is 12.8. The van der Waals surface area contributed by atoms with Crippen LogP contribution < -0.4 is 5.48 Å². The van der Waals surface area contributed by atoms with Crippen molar-refractivity contribution in [1.82, 2.24) is 5.48 Å². The highest BCUT2D eigenvalue weighted by Gasteiger charge is 2.24. The van der Waals surface area contributed by atoms with Gasteiger partial charge in [-0.15, -0.1) is 0 Å². The van der Waals surface area contributed by atoms with E-state index in [0.29, 0.717) is 0 Å². The van der Waals surface area contributed by atoms with Gasteiger partial charge in [0.2, 0.25) is 6.10 Å². The predicted molar refractivity (Wildman–Crippen MR) is 67.2 cm³/mol. The van der Waals surface area contributed by atoms with Crippen molar-refractivity contribution in [2.24, 2.45) is 0 Å². The van der Waals surface area contributed by atoms with E-state index in [1.54, 1.807) is 20.8 Å². The lowest BCUT2D eigenvalue weighted by Crippen LogP contribution is -2.34. The van der Waals surface area contributed by atoms with Gasteiger partial charge in [0.15, 0.2) is 0 Å². The predicted octanol–water partition coefficient (Wildman–Crippen LogP) is 2.41. The molecule has 1 amide bonds. The van der Waals surface area contributed by atoms with E-state index < -0.39 is 29.6 Å². The van der Waals surface area contributed by atoms with Gasteiger partial charge in [-0.2, -0.15) is 5.48 Å². The molecule has 0 saturated carbocycles. The number of nitrogens with one attached hydrogen (secondary N) is 1. The lowest BCUT2D eigenvalue weighted by molar-refractivity contribution is -0.155. The number of hydrogen-bond acceptors (Lipinski definition) is 4. The van der Waals surface area contributed by atoms with Crippen LogP contribution in [0.25, 0.3) is 0 Å². The number of rotatable bonds is 4. The van der Waals surface area contributed by atoms with Crippen molar-refractivity contribution in [2.75, 3.05) is 0 Å². The van der Waals surface area contributed by atoms with Crippen LogP contribution in [0.1, 0.15) is 32.4 Å². The number of carboxylic acids is 1. The highest BCUT2D eigenvalue weighted by atomic mass is 19.1. The SMILES string of the molecule is CC(C)(C)OC(=O)NOC(C(=O)O)c1ccc(F)cc1. The number of hydrogen-bond donors (Lipinski definition) is 2. The second-order valence-electron chi connectivity index (χ2n) is 4.99. The third kappa shape index (κ3) is 5.23. The Kier molecular flexibility index (Phi) is 5.04. The van der Waals surface area contributed by atoms with Crippen LogP contribution in [0.15, 0.2) is 24.3 Å². The monoisotopic (exact) mass is 285 g/mol. The summed E-state index contributed by atoms with van der Waals surface area (Å²) in [7, 11) is 0. The lowest BCUT2D eigenvalue weighted by Gasteiger charge is -2.20. The Balaban J connectivity index is 2.67. The molecule has 0 aliphatic heterocycles. The number of halogens is 1. The average Bonchev–Trinajstić information content (AvgIpc) is 2.29. The van der Waals surface area contributed by atoms with E-state index in [0.717, 1.165) is 12.1 Å². The molecule has 0 spiro atoms. The minimum atomic E-state index is -1.46. The van der Waals surface area contributed by atoms with Gasteiger partial charge in [0.1, 0.15) is 11.4 Å². The maximum atomic E-state index is 12.8. The summed E-state index contributed by atoms with van der Waals surface area (Å²) in [5, 5.41) is 9.03. The van der Waals surface area contributed by atoms with Crippen LogP contribution in [-0.4, -0.2) is 22.8 Å². The van der Waals surface area contributed by atoms with Crippen LogP contribution in [0.3, 0.4) is 0 Å². The molecule has 1 unspecified atom stereocenters. The molecule has 0 aliphatic rings. The summed E-state index contributed by atoms with van der Waals surface area (Å²) in [6.07, 6.45) is -2.37. The van der Waals surface area contributed by atoms with Gasteiger partial charge in [0.05, 0.1) is 0 Å². The highest BCUT2D eigenvalue weighted by molar-refractivity contribution is 5.75. The van der Waals surface area contributed by atoms with E-state index in [4.69, 9.17) is 14.7 Å². The number of carbonyl (C=O) groups excluding carboxylic acids is 1. The molecule has 1 atom stereocenters. The Morgan fingerprint density at radius 2 is 1.80 bits per heavy atom. The quantitative estimate of drug-likeness (QED) is 0.830. The Hall–Kier alpha value is -2.15. The van der Waals surface area contributed by atoms with Crippen molar-refractivity contribution in [2.45, 2.75) is 32.5 Å². The van der Waals surface area contributed by atoms with E-state index in [2.05, 4.69) is 0 Å². The van der Waals surface area contributed by atoms with Gasteiger partial charge >= 0.3 is 12.1 Å². The number of amides is 1. The van der Waals surface area contributed by atoms with E-state index in [-0.39, 0.29) is 5.56 Å². The fourth-order valence-corrected chi connectivity index (χ4v) is 1.30.